The van der Waals surface area contributed by atoms with Gasteiger partial charge in [-0.2, -0.15) is 0 Å². The average Bonchev–Trinajstić information content (AvgIpc) is 2.84. The SMILES string of the molecule is COC(=O)C[C@@H](c1cc2ccccc2[nH]c1=O)c1c(O)cc(C)n(CCc2ccc(O)c(O)c2)c1=O. The molecule has 0 aliphatic rings. The Morgan fingerprint density at radius 3 is 2.47 bits per heavy atom. The number of ether oxygens (including phenoxy) is 1. The van der Waals surface area contributed by atoms with Gasteiger partial charge in [0.1, 0.15) is 5.75 Å². The molecule has 4 aromatic rings. The van der Waals surface area contributed by atoms with Crippen LogP contribution in [0.2, 0.25) is 0 Å². The number of aryl methyl sites for hydroxylation is 2. The van der Waals surface area contributed by atoms with Crippen molar-refractivity contribution in [1.82, 2.24) is 9.55 Å². The number of aromatic hydroxyl groups is 3. The fraction of sp³-hybridized carbons (Fsp3) is 0.222. The van der Waals surface area contributed by atoms with E-state index in [-0.39, 0.29) is 41.3 Å². The lowest BCUT2D eigenvalue weighted by Crippen LogP contribution is -2.31. The van der Waals surface area contributed by atoms with Crippen LogP contribution in [0.5, 0.6) is 17.2 Å². The first kappa shape index (κ1) is 24.6. The van der Waals surface area contributed by atoms with Gasteiger partial charge in [-0.1, -0.05) is 24.3 Å². The predicted octanol–water partition coefficient (Wildman–Crippen LogP) is 3.05. The largest absolute Gasteiger partial charge is 0.507 e. The second-order valence-corrected chi connectivity index (χ2v) is 8.59. The number of phenols is 2. The van der Waals surface area contributed by atoms with Gasteiger partial charge in [0.25, 0.3) is 11.1 Å². The van der Waals surface area contributed by atoms with Crippen molar-refractivity contribution in [2.24, 2.45) is 0 Å². The van der Waals surface area contributed by atoms with Crippen LogP contribution in [0.4, 0.5) is 0 Å². The Kier molecular flexibility index (Phi) is 6.82. The van der Waals surface area contributed by atoms with E-state index in [1.54, 1.807) is 43.3 Å². The summed E-state index contributed by atoms with van der Waals surface area (Å²) in [5.41, 5.74) is 0.818. The number of pyridine rings is 2. The summed E-state index contributed by atoms with van der Waals surface area (Å²) in [6, 6.07) is 14.6. The maximum absolute atomic E-state index is 13.7. The summed E-state index contributed by atoms with van der Waals surface area (Å²) >= 11 is 0. The summed E-state index contributed by atoms with van der Waals surface area (Å²) in [4.78, 5) is 41.8. The second-order valence-electron chi connectivity index (χ2n) is 8.59. The van der Waals surface area contributed by atoms with Gasteiger partial charge in [0, 0.05) is 29.2 Å². The standard InChI is InChI=1S/C27H26N2O7/c1-15-11-23(32)25(27(35)29(15)10-9-16-7-8-21(30)22(31)12-16)18(14-24(33)36-2)19-13-17-5-3-4-6-20(17)28-26(19)34/h3-8,11-13,18,30-32H,9-10,14H2,1-2H3,(H,28,34)/t18-/m0/s1. The molecule has 186 valence electrons. The smallest absolute Gasteiger partial charge is 0.306 e. The number of benzene rings is 2. The summed E-state index contributed by atoms with van der Waals surface area (Å²) in [5, 5.41) is 30.8. The third-order valence-corrected chi connectivity index (χ3v) is 6.29. The van der Waals surface area contributed by atoms with Gasteiger partial charge in [0.15, 0.2) is 11.5 Å². The molecule has 0 fully saturated rings. The maximum atomic E-state index is 13.7. The Hall–Kier alpha value is -4.53. The van der Waals surface area contributed by atoms with E-state index in [1.807, 2.05) is 0 Å². The minimum absolute atomic E-state index is 0.0830. The number of hydrogen-bond acceptors (Lipinski definition) is 7. The number of carbonyl (C=O) groups is 1. The van der Waals surface area contributed by atoms with Crippen molar-refractivity contribution in [2.75, 3.05) is 7.11 Å². The zero-order chi connectivity index (χ0) is 26.0. The van der Waals surface area contributed by atoms with Gasteiger partial charge < -0.3 is 29.6 Å². The first-order chi connectivity index (χ1) is 17.2. The normalized spacial score (nSPS) is 11.9. The van der Waals surface area contributed by atoms with Crippen molar-refractivity contribution >= 4 is 16.9 Å². The number of fused-ring (bicyclic) bond motifs is 1. The van der Waals surface area contributed by atoms with Crippen molar-refractivity contribution in [3.63, 3.8) is 0 Å². The van der Waals surface area contributed by atoms with E-state index in [2.05, 4.69) is 4.98 Å². The van der Waals surface area contributed by atoms with Crippen molar-refractivity contribution in [2.45, 2.75) is 32.2 Å². The molecule has 0 saturated carbocycles. The molecule has 0 radical (unpaired) electrons. The molecule has 1 atom stereocenters. The van der Waals surface area contributed by atoms with E-state index in [0.29, 0.717) is 28.6 Å². The molecule has 9 heteroatoms. The predicted molar refractivity (Wildman–Crippen MR) is 134 cm³/mol. The number of H-pyrrole nitrogens is 1. The highest BCUT2D eigenvalue weighted by Crippen LogP contribution is 2.32. The van der Waals surface area contributed by atoms with Crippen LogP contribution in [-0.2, 0) is 22.5 Å². The zero-order valence-electron chi connectivity index (χ0n) is 19.8. The zero-order valence-corrected chi connectivity index (χ0v) is 19.8. The minimum Gasteiger partial charge on any atom is -0.507 e. The molecule has 0 unspecified atom stereocenters. The fourth-order valence-corrected chi connectivity index (χ4v) is 4.38. The second kappa shape index (κ2) is 9.99. The molecule has 2 aromatic carbocycles. The number of para-hydroxylation sites is 1. The van der Waals surface area contributed by atoms with Crippen LogP contribution in [0.1, 0.15) is 34.7 Å². The molecule has 9 nitrogen and oxygen atoms in total. The van der Waals surface area contributed by atoms with E-state index in [4.69, 9.17) is 4.74 Å². The maximum Gasteiger partial charge on any atom is 0.306 e. The molecule has 0 spiro atoms. The van der Waals surface area contributed by atoms with E-state index in [1.165, 1.54) is 29.9 Å². The van der Waals surface area contributed by atoms with Gasteiger partial charge in [0.05, 0.1) is 19.1 Å². The minimum atomic E-state index is -1.05. The molecule has 0 aliphatic heterocycles. The molecule has 4 rings (SSSR count). The molecule has 0 saturated heterocycles. The van der Waals surface area contributed by atoms with E-state index in [9.17, 15) is 29.7 Å². The van der Waals surface area contributed by atoms with Crippen molar-refractivity contribution < 1.29 is 24.9 Å². The number of methoxy groups -OCH3 is 1. The summed E-state index contributed by atoms with van der Waals surface area (Å²) in [5.74, 6) is -2.53. The Labute approximate surface area is 205 Å². The number of nitrogens with one attached hydrogen (secondary N) is 1. The number of hydrogen-bond donors (Lipinski definition) is 4. The molecular formula is C27H26N2O7. The first-order valence-corrected chi connectivity index (χ1v) is 11.3. The highest BCUT2D eigenvalue weighted by molar-refractivity contribution is 5.79. The van der Waals surface area contributed by atoms with Gasteiger partial charge in [-0.05, 0) is 54.6 Å². The third kappa shape index (κ3) is 4.81. The summed E-state index contributed by atoms with van der Waals surface area (Å²) in [7, 11) is 1.21. The lowest BCUT2D eigenvalue weighted by atomic mass is 9.88. The van der Waals surface area contributed by atoms with Crippen LogP contribution >= 0.6 is 0 Å². The highest BCUT2D eigenvalue weighted by Gasteiger charge is 2.29. The molecular weight excluding hydrogens is 464 g/mol. The van der Waals surface area contributed by atoms with Crippen LogP contribution < -0.4 is 11.1 Å². The topological polar surface area (TPSA) is 142 Å². The monoisotopic (exact) mass is 490 g/mol. The molecule has 2 heterocycles. The van der Waals surface area contributed by atoms with Gasteiger partial charge >= 0.3 is 5.97 Å². The Balaban J connectivity index is 1.82. The molecule has 0 bridgehead atoms. The van der Waals surface area contributed by atoms with E-state index >= 15 is 0 Å². The Bertz CT molecular complexity index is 1570. The Morgan fingerprint density at radius 1 is 1.00 bits per heavy atom. The van der Waals surface area contributed by atoms with Gasteiger partial charge in [-0.15, -0.1) is 0 Å². The molecule has 2 aromatic heterocycles. The van der Waals surface area contributed by atoms with Crippen LogP contribution in [0, 0.1) is 6.92 Å². The van der Waals surface area contributed by atoms with E-state index < -0.39 is 23.0 Å². The van der Waals surface area contributed by atoms with Crippen molar-refractivity contribution in [3.05, 3.63) is 97.7 Å². The van der Waals surface area contributed by atoms with Crippen molar-refractivity contribution in [3.8, 4) is 17.2 Å². The molecule has 0 amide bonds. The number of phenolic OH excluding ortho intramolecular Hbond substituents is 2. The lowest BCUT2D eigenvalue weighted by molar-refractivity contribution is -0.140. The number of aromatic amines is 1. The molecule has 0 aliphatic carbocycles. The number of aromatic nitrogens is 2. The Morgan fingerprint density at radius 2 is 1.75 bits per heavy atom. The number of carbonyl (C=O) groups excluding carboxylic acids is 1. The summed E-state index contributed by atoms with van der Waals surface area (Å²) < 4.78 is 6.27. The van der Waals surface area contributed by atoms with Crippen molar-refractivity contribution in [1.29, 1.82) is 0 Å². The quantitative estimate of drug-likeness (QED) is 0.230. The number of rotatable bonds is 7. The van der Waals surface area contributed by atoms with Crippen LogP contribution in [-0.4, -0.2) is 37.9 Å². The first-order valence-electron chi connectivity index (χ1n) is 11.3. The summed E-state index contributed by atoms with van der Waals surface area (Å²) in [6.45, 7) is 1.86. The van der Waals surface area contributed by atoms with Crippen LogP contribution in [0.25, 0.3) is 10.9 Å². The van der Waals surface area contributed by atoms with Gasteiger partial charge in [0.2, 0.25) is 0 Å². The highest BCUT2D eigenvalue weighted by atomic mass is 16.5. The third-order valence-electron chi connectivity index (χ3n) is 6.29. The fourth-order valence-electron chi connectivity index (χ4n) is 4.38. The molecule has 4 N–H and O–H groups in total. The average molecular weight is 491 g/mol. The van der Waals surface area contributed by atoms with E-state index in [0.717, 1.165) is 0 Å². The van der Waals surface area contributed by atoms with Crippen LogP contribution in [0.3, 0.4) is 0 Å². The number of esters is 1. The molecule has 36 heavy (non-hydrogen) atoms. The van der Waals surface area contributed by atoms with Gasteiger partial charge in [-0.3, -0.25) is 14.4 Å². The van der Waals surface area contributed by atoms with Gasteiger partial charge in [-0.25, -0.2) is 0 Å². The lowest BCUT2D eigenvalue weighted by Gasteiger charge is -2.20. The number of nitrogens with zero attached hydrogens (tertiary/aromatic N) is 1. The van der Waals surface area contributed by atoms with Crippen LogP contribution in [0.15, 0.2) is 64.2 Å². The summed E-state index contributed by atoms with van der Waals surface area (Å²) in [6.07, 6.45) is 0.0205.